The lowest BCUT2D eigenvalue weighted by Gasteiger charge is -2.38. The number of aromatic nitrogens is 1. The number of hydrogen-bond acceptors (Lipinski definition) is 5. The van der Waals surface area contributed by atoms with Crippen molar-refractivity contribution in [3.8, 4) is 0 Å². The Kier molecular flexibility index (Phi) is 4.16. The number of hydrazine groups is 1. The minimum atomic E-state index is 0.194. The molecule has 1 saturated heterocycles. The first-order valence-electron chi connectivity index (χ1n) is 5.64. The van der Waals surface area contributed by atoms with Gasteiger partial charge in [-0.15, -0.1) is 0 Å². The van der Waals surface area contributed by atoms with Crippen LogP contribution in [0.15, 0.2) is 6.07 Å². The Morgan fingerprint density at radius 1 is 1.44 bits per heavy atom. The lowest BCUT2D eigenvalue weighted by atomic mass is 10.2. The number of hydrogen-bond donors (Lipinski definition) is 2. The van der Waals surface area contributed by atoms with Gasteiger partial charge in [0.25, 0.3) is 0 Å². The van der Waals surface area contributed by atoms with Gasteiger partial charge >= 0.3 is 0 Å². The molecule has 100 valence electrons. The van der Waals surface area contributed by atoms with E-state index in [9.17, 15) is 0 Å². The second kappa shape index (κ2) is 5.33. The molecule has 1 aromatic heterocycles. The third-order valence-electron chi connectivity index (χ3n) is 2.77. The van der Waals surface area contributed by atoms with Crippen LogP contribution < -0.4 is 16.2 Å². The minimum Gasteiger partial charge on any atom is -0.353 e. The Hall–Kier alpha value is -0.360. The maximum absolute atomic E-state index is 6.22. The zero-order valence-electron chi connectivity index (χ0n) is 10.3. The Balaban J connectivity index is 2.32. The van der Waals surface area contributed by atoms with Crippen molar-refractivity contribution in [2.24, 2.45) is 5.84 Å². The lowest BCUT2D eigenvalue weighted by Crippen LogP contribution is -2.43. The van der Waals surface area contributed by atoms with E-state index in [1.165, 1.54) is 0 Å². The molecule has 7 heteroatoms. The van der Waals surface area contributed by atoms with Crippen molar-refractivity contribution in [1.29, 1.82) is 0 Å². The molecular weight excluding hydrogens is 291 g/mol. The van der Waals surface area contributed by atoms with E-state index in [1.807, 2.05) is 11.8 Å². The molecular formula is C11H16Cl2N4S. The average molecular weight is 307 g/mol. The van der Waals surface area contributed by atoms with Crippen LogP contribution in [0.1, 0.15) is 13.8 Å². The Morgan fingerprint density at radius 3 is 2.78 bits per heavy atom. The van der Waals surface area contributed by atoms with Crippen LogP contribution in [0, 0.1) is 0 Å². The van der Waals surface area contributed by atoms with Crippen LogP contribution in [-0.2, 0) is 0 Å². The van der Waals surface area contributed by atoms with Gasteiger partial charge in [-0.25, -0.2) is 10.8 Å². The van der Waals surface area contributed by atoms with Gasteiger partial charge in [0.05, 0.1) is 10.0 Å². The second-order valence-corrected chi connectivity index (χ2v) is 7.41. The third-order valence-corrected chi connectivity index (χ3v) is 4.64. The van der Waals surface area contributed by atoms with Gasteiger partial charge in [0, 0.05) is 23.6 Å². The maximum Gasteiger partial charge on any atom is 0.161 e. The molecule has 0 radical (unpaired) electrons. The number of thioether (sulfide) groups is 1. The number of halogens is 2. The second-order valence-electron chi connectivity index (χ2n) is 4.80. The Bertz CT molecular complexity index is 453. The number of anilines is 2. The highest BCUT2D eigenvalue weighted by molar-refractivity contribution is 8.00. The van der Waals surface area contributed by atoms with Crippen LogP contribution in [0.2, 0.25) is 10.0 Å². The van der Waals surface area contributed by atoms with Crippen molar-refractivity contribution >= 4 is 46.6 Å². The summed E-state index contributed by atoms with van der Waals surface area (Å²) in [5, 5.41) is 0.985. The van der Waals surface area contributed by atoms with Gasteiger partial charge in [-0.2, -0.15) is 11.8 Å². The van der Waals surface area contributed by atoms with Crippen molar-refractivity contribution in [1.82, 2.24) is 4.98 Å². The number of nitrogens with two attached hydrogens (primary N) is 1. The fraction of sp³-hybridized carbons (Fsp3) is 0.545. The zero-order chi connectivity index (χ0) is 13.3. The van der Waals surface area contributed by atoms with E-state index in [0.717, 1.165) is 24.7 Å². The molecule has 2 rings (SSSR count). The zero-order valence-corrected chi connectivity index (χ0v) is 12.7. The monoisotopic (exact) mass is 306 g/mol. The normalized spacial score (nSPS) is 18.8. The third kappa shape index (κ3) is 2.96. The summed E-state index contributed by atoms with van der Waals surface area (Å²) in [7, 11) is 0. The molecule has 0 aromatic carbocycles. The number of nitrogen functional groups attached to an aromatic ring is 1. The minimum absolute atomic E-state index is 0.194. The molecule has 0 unspecified atom stereocenters. The van der Waals surface area contributed by atoms with Gasteiger partial charge in [-0.05, 0) is 19.9 Å². The lowest BCUT2D eigenvalue weighted by molar-refractivity contribution is 0.642. The number of rotatable bonds is 2. The smallest absolute Gasteiger partial charge is 0.161 e. The van der Waals surface area contributed by atoms with Crippen molar-refractivity contribution < 1.29 is 0 Å². The van der Waals surface area contributed by atoms with E-state index in [0.29, 0.717) is 15.9 Å². The van der Waals surface area contributed by atoms with Gasteiger partial charge in [0.15, 0.2) is 5.82 Å². The summed E-state index contributed by atoms with van der Waals surface area (Å²) in [5.41, 5.74) is 2.49. The van der Waals surface area contributed by atoms with Gasteiger partial charge in [-0.3, -0.25) is 0 Å². The standard InChI is InChI=1S/C11H16Cl2N4S/c1-11(2)6-17(3-4-18-11)10-8(13)5-7(12)9(15-10)16-14/h5H,3-4,6,14H2,1-2H3,(H,15,16). The highest BCUT2D eigenvalue weighted by Crippen LogP contribution is 2.36. The number of nitrogens with one attached hydrogen (secondary N) is 1. The molecule has 0 atom stereocenters. The van der Waals surface area contributed by atoms with Crippen LogP contribution in [0.3, 0.4) is 0 Å². The summed E-state index contributed by atoms with van der Waals surface area (Å²) < 4.78 is 0.194. The number of nitrogens with zero attached hydrogens (tertiary/aromatic N) is 2. The van der Waals surface area contributed by atoms with Crippen molar-refractivity contribution in [2.45, 2.75) is 18.6 Å². The van der Waals surface area contributed by atoms with Gasteiger partial charge in [0.2, 0.25) is 0 Å². The fourth-order valence-electron chi connectivity index (χ4n) is 1.98. The van der Waals surface area contributed by atoms with E-state index < -0.39 is 0 Å². The molecule has 0 amide bonds. The molecule has 2 heterocycles. The Morgan fingerprint density at radius 2 is 2.17 bits per heavy atom. The molecule has 0 bridgehead atoms. The summed E-state index contributed by atoms with van der Waals surface area (Å²) in [6.07, 6.45) is 0. The number of pyridine rings is 1. The fourth-order valence-corrected chi connectivity index (χ4v) is 3.62. The molecule has 4 nitrogen and oxygen atoms in total. The molecule has 1 aliphatic heterocycles. The average Bonchev–Trinajstić information content (AvgIpc) is 2.27. The molecule has 0 spiro atoms. The summed E-state index contributed by atoms with van der Waals surface area (Å²) in [5.74, 6) is 7.63. The predicted octanol–water partition coefficient (Wildman–Crippen LogP) is 3.01. The quantitative estimate of drug-likeness (QED) is 0.650. The summed E-state index contributed by atoms with van der Waals surface area (Å²) >= 11 is 14.2. The van der Waals surface area contributed by atoms with Crippen molar-refractivity contribution in [3.63, 3.8) is 0 Å². The largest absolute Gasteiger partial charge is 0.353 e. The van der Waals surface area contributed by atoms with Crippen LogP contribution in [0.4, 0.5) is 11.6 Å². The van der Waals surface area contributed by atoms with Crippen LogP contribution in [0.5, 0.6) is 0 Å². The highest BCUT2D eigenvalue weighted by atomic mass is 35.5. The van der Waals surface area contributed by atoms with E-state index in [2.05, 4.69) is 29.2 Å². The van der Waals surface area contributed by atoms with E-state index >= 15 is 0 Å². The van der Waals surface area contributed by atoms with E-state index in [-0.39, 0.29) is 4.75 Å². The summed E-state index contributed by atoms with van der Waals surface area (Å²) in [6.45, 7) is 6.26. The van der Waals surface area contributed by atoms with Gasteiger partial charge in [-0.1, -0.05) is 23.2 Å². The molecule has 3 N–H and O–H groups in total. The highest BCUT2D eigenvalue weighted by Gasteiger charge is 2.29. The first-order chi connectivity index (χ1) is 8.43. The summed E-state index contributed by atoms with van der Waals surface area (Å²) in [6, 6.07) is 1.68. The molecule has 1 fully saturated rings. The molecule has 18 heavy (non-hydrogen) atoms. The van der Waals surface area contributed by atoms with Crippen LogP contribution in [0.25, 0.3) is 0 Å². The first kappa shape index (κ1) is 14.1. The van der Waals surface area contributed by atoms with Crippen LogP contribution in [-0.4, -0.2) is 28.6 Å². The summed E-state index contributed by atoms with van der Waals surface area (Å²) in [4.78, 5) is 6.57. The van der Waals surface area contributed by atoms with E-state index in [4.69, 9.17) is 29.0 Å². The van der Waals surface area contributed by atoms with E-state index in [1.54, 1.807) is 6.07 Å². The molecule has 1 aromatic rings. The SMILES string of the molecule is CC1(C)CN(c2nc(NN)c(Cl)cc2Cl)CCS1. The Labute approximate surface area is 121 Å². The van der Waals surface area contributed by atoms with Crippen molar-refractivity contribution in [3.05, 3.63) is 16.1 Å². The van der Waals surface area contributed by atoms with Gasteiger partial charge < -0.3 is 10.3 Å². The van der Waals surface area contributed by atoms with Crippen molar-refractivity contribution in [2.75, 3.05) is 29.2 Å². The predicted molar refractivity (Wildman–Crippen MR) is 80.8 cm³/mol. The van der Waals surface area contributed by atoms with Gasteiger partial charge in [0.1, 0.15) is 5.82 Å². The molecule has 0 aliphatic carbocycles. The topological polar surface area (TPSA) is 54.2 Å². The van der Waals surface area contributed by atoms with Crippen LogP contribution >= 0.6 is 35.0 Å². The molecule has 0 saturated carbocycles. The maximum atomic E-state index is 6.22. The first-order valence-corrected chi connectivity index (χ1v) is 7.39. The molecule has 1 aliphatic rings.